The van der Waals surface area contributed by atoms with E-state index < -0.39 is 28.3 Å². The first kappa shape index (κ1) is 18.2. The monoisotopic (exact) mass is 303 g/mol. The van der Waals surface area contributed by atoms with Crippen molar-refractivity contribution in [3.63, 3.8) is 0 Å². The average Bonchev–Trinajstić information content (AvgIpc) is 2.12. The fraction of sp³-hybridized carbons (Fsp3) is 1.00. The molecule has 0 radical (unpaired) electrons. The van der Waals surface area contributed by atoms with Crippen LogP contribution in [0.3, 0.4) is 0 Å². The fourth-order valence-corrected chi connectivity index (χ4v) is 9.48. The predicted octanol–water partition coefficient (Wildman–Crippen LogP) is 5.34. The highest BCUT2D eigenvalue weighted by Crippen LogP contribution is 2.54. The lowest BCUT2D eigenvalue weighted by atomic mass is 10.6. The van der Waals surface area contributed by atoms with Gasteiger partial charge >= 0.3 is 6.18 Å². The number of nitrogens with zero attached hydrogens (tertiary/aromatic N) is 1. The van der Waals surface area contributed by atoms with Crippen LogP contribution in [0.2, 0.25) is 19.6 Å². The molecular formula is C11H25F3NOPSi. The predicted molar refractivity (Wildman–Crippen MR) is 75.0 cm³/mol. The number of hydrogen-bond acceptors (Lipinski definition) is 2. The molecule has 0 bridgehead atoms. The van der Waals surface area contributed by atoms with E-state index in [-0.39, 0.29) is 0 Å². The summed E-state index contributed by atoms with van der Waals surface area (Å²) in [4.78, 5) is 0. The zero-order valence-electron chi connectivity index (χ0n) is 12.0. The molecule has 0 aliphatic heterocycles. The van der Waals surface area contributed by atoms with E-state index in [2.05, 4.69) is 0 Å². The lowest BCUT2D eigenvalue weighted by Crippen LogP contribution is -2.21. The normalized spacial score (nSPS) is 13.8. The lowest BCUT2D eigenvalue weighted by molar-refractivity contribution is -0.152. The Morgan fingerprint density at radius 3 is 1.78 bits per heavy atom. The molecule has 0 fully saturated rings. The van der Waals surface area contributed by atoms with Gasteiger partial charge in [-0.2, -0.15) is 13.2 Å². The summed E-state index contributed by atoms with van der Waals surface area (Å²) < 4.78 is 47.1. The van der Waals surface area contributed by atoms with Crippen LogP contribution < -0.4 is 0 Å². The molecule has 0 amide bonds. The zero-order valence-corrected chi connectivity index (χ0v) is 13.9. The van der Waals surface area contributed by atoms with Crippen molar-refractivity contribution in [1.82, 2.24) is 0 Å². The van der Waals surface area contributed by atoms with Gasteiger partial charge in [-0.3, -0.25) is 0 Å². The Balaban J connectivity index is 5.16. The van der Waals surface area contributed by atoms with E-state index in [0.717, 1.165) is 12.8 Å². The first-order valence-corrected chi connectivity index (χ1v) is 11.8. The van der Waals surface area contributed by atoms with Gasteiger partial charge in [0, 0.05) is 12.3 Å². The van der Waals surface area contributed by atoms with Gasteiger partial charge in [-0.1, -0.05) is 13.8 Å². The Morgan fingerprint density at radius 2 is 1.50 bits per heavy atom. The third kappa shape index (κ3) is 8.33. The second-order valence-corrected chi connectivity index (χ2v) is 13.4. The van der Waals surface area contributed by atoms with E-state index in [1.54, 1.807) is 0 Å². The molecule has 0 saturated heterocycles. The number of halogens is 3. The van der Waals surface area contributed by atoms with Crippen molar-refractivity contribution in [3.8, 4) is 0 Å². The molecule has 0 heterocycles. The molecule has 2 nitrogen and oxygen atoms in total. The van der Waals surface area contributed by atoms with E-state index in [4.69, 9.17) is 8.93 Å². The minimum absolute atomic E-state index is 0.668. The van der Waals surface area contributed by atoms with Crippen molar-refractivity contribution >= 4 is 15.5 Å². The van der Waals surface area contributed by atoms with Gasteiger partial charge in [0.05, 0.1) is 7.28 Å². The van der Waals surface area contributed by atoms with Crippen molar-refractivity contribution < 1.29 is 17.7 Å². The van der Waals surface area contributed by atoms with Crippen LogP contribution in [0, 0.1) is 0 Å². The summed E-state index contributed by atoms with van der Waals surface area (Å²) in [6.07, 6.45) is -1.29. The van der Waals surface area contributed by atoms with Crippen molar-refractivity contribution in [1.29, 1.82) is 0 Å². The highest BCUT2D eigenvalue weighted by molar-refractivity contribution is 7.62. The summed E-state index contributed by atoms with van der Waals surface area (Å²) in [5.74, 6) is 0. The molecule has 0 atom stereocenters. The largest absolute Gasteiger partial charge is 0.412 e. The quantitative estimate of drug-likeness (QED) is 0.460. The molecule has 0 aromatic carbocycles. The Morgan fingerprint density at radius 1 is 1.06 bits per heavy atom. The van der Waals surface area contributed by atoms with Crippen molar-refractivity contribution in [2.45, 2.75) is 52.5 Å². The molecule has 0 rings (SSSR count). The molecule has 0 spiro atoms. The number of rotatable bonds is 7. The number of hydrogen-bond donors (Lipinski definition) is 0. The van der Waals surface area contributed by atoms with Gasteiger partial charge in [0.15, 0.2) is 8.24 Å². The topological polar surface area (TPSA) is 21.6 Å². The standard InChI is InChI=1S/C11H25F3NOPSi/c1-6-8-17(9-7-2,15-18(3,4)5)16-10-11(12,13)14/h6-10H2,1-5H3. The van der Waals surface area contributed by atoms with E-state index >= 15 is 0 Å². The van der Waals surface area contributed by atoms with Gasteiger partial charge in [-0.05, 0) is 32.5 Å². The third-order valence-corrected chi connectivity index (χ3v) is 8.86. The maximum absolute atomic E-state index is 12.4. The zero-order chi connectivity index (χ0) is 14.4. The molecule has 0 aliphatic carbocycles. The highest BCUT2D eigenvalue weighted by atomic mass is 31.2. The Bertz CT molecular complexity index is 290. The lowest BCUT2D eigenvalue weighted by Gasteiger charge is -2.28. The summed E-state index contributed by atoms with van der Waals surface area (Å²) >= 11 is 0. The van der Waals surface area contributed by atoms with Crippen LogP contribution in [0.4, 0.5) is 13.2 Å². The molecule has 0 saturated carbocycles. The molecule has 0 aliphatic rings. The fourth-order valence-electron chi connectivity index (χ4n) is 1.81. The second kappa shape index (κ2) is 7.11. The van der Waals surface area contributed by atoms with Crippen molar-refractivity contribution in [2.24, 2.45) is 4.41 Å². The van der Waals surface area contributed by atoms with Gasteiger partial charge in [0.2, 0.25) is 0 Å². The van der Waals surface area contributed by atoms with Crippen molar-refractivity contribution in [2.75, 3.05) is 18.9 Å². The molecule has 18 heavy (non-hydrogen) atoms. The molecule has 0 N–H and O–H groups in total. The van der Waals surface area contributed by atoms with Gasteiger partial charge in [0.1, 0.15) is 6.61 Å². The average molecular weight is 303 g/mol. The molecule has 0 unspecified atom stereocenters. The van der Waals surface area contributed by atoms with Crippen molar-refractivity contribution in [3.05, 3.63) is 0 Å². The van der Waals surface area contributed by atoms with Gasteiger partial charge in [-0.25, -0.2) is 0 Å². The van der Waals surface area contributed by atoms with Gasteiger partial charge in [0.25, 0.3) is 0 Å². The molecule has 0 aromatic rings. The highest BCUT2D eigenvalue weighted by Gasteiger charge is 2.32. The van der Waals surface area contributed by atoms with E-state index in [9.17, 15) is 13.2 Å². The Hall–Kier alpha value is 0.197. The summed E-state index contributed by atoms with van der Waals surface area (Å²) in [7, 11) is -4.03. The van der Waals surface area contributed by atoms with Crippen LogP contribution in [-0.4, -0.2) is 33.3 Å². The van der Waals surface area contributed by atoms with E-state index in [0.29, 0.717) is 12.3 Å². The minimum Gasteiger partial charge on any atom is -0.336 e. The third-order valence-electron chi connectivity index (χ3n) is 2.10. The van der Waals surface area contributed by atoms with E-state index in [1.165, 1.54) is 0 Å². The molecule has 7 heteroatoms. The van der Waals surface area contributed by atoms with Crippen LogP contribution in [-0.2, 0) is 4.52 Å². The maximum atomic E-state index is 12.4. The molecule has 0 aromatic heterocycles. The summed E-state index contributed by atoms with van der Waals surface area (Å²) in [5, 5.41) is 0. The van der Waals surface area contributed by atoms with E-state index in [1.807, 2.05) is 33.5 Å². The number of alkyl halides is 3. The summed E-state index contributed by atoms with van der Waals surface area (Å²) in [6.45, 7) is 8.93. The molecule has 110 valence electrons. The van der Waals surface area contributed by atoms with Gasteiger partial charge < -0.3 is 8.93 Å². The van der Waals surface area contributed by atoms with Crippen LogP contribution in [0.15, 0.2) is 4.41 Å². The SMILES string of the molecule is CCCP(CCC)(=N[Si](C)(C)C)OCC(F)(F)F. The van der Waals surface area contributed by atoms with Gasteiger partial charge in [-0.15, -0.1) is 0 Å². The first-order valence-electron chi connectivity index (χ1n) is 6.36. The summed E-state index contributed by atoms with van der Waals surface area (Å²) in [5.41, 5.74) is 0. The maximum Gasteiger partial charge on any atom is 0.412 e. The smallest absolute Gasteiger partial charge is 0.336 e. The second-order valence-electron chi connectivity index (χ2n) is 5.45. The van der Waals surface area contributed by atoms with Crippen LogP contribution >= 0.6 is 7.28 Å². The van der Waals surface area contributed by atoms with Crippen LogP contribution in [0.1, 0.15) is 26.7 Å². The minimum atomic E-state index is -4.26. The first-order chi connectivity index (χ1) is 8.04. The Kier molecular flexibility index (Phi) is 7.18. The van der Waals surface area contributed by atoms with Crippen LogP contribution in [0.25, 0.3) is 0 Å². The Labute approximate surface area is 110 Å². The van der Waals surface area contributed by atoms with Crippen LogP contribution in [0.5, 0.6) is 0 Å². The molecular weight excluding hydrogens is 278 g/mol. The summed E-state index contributed by atoms with van der Waals surface area (Å²) in [6, 6.07) is 0.